The Bertz CT molecular complexity index is 1240. The number of nitrogens with zero attached hydrogens (tertiary/aromatic N) is 3. The molecule has 0 aliphatic carbocycles. The molecule has 0 radical (unpaired) electrons. The van der Waals surface area contributed by atoms with Gasteiger partial charge in [-0.15, -0.1) is 0 Å². The second kappa shape index (κ2) is 11.6. The fourth-order valence-electron chi connectivity index (χ4n) is 4.18. The molecule has 2 heterocycles. The third-order valence-corrected chi connectivity index (χ3v) is 6.09. The fourth-order valence-corrected chi connectivity index (χ4v) is 4.18. The van der Waals surface area contributed by atoms with Gasteiger partial charge in [0.25, 0.3) is 5.91 Å². The number of amides is 3. The summed E-state index contributed by atoms with van der Waals surface area (Å²) < 4.78 is 26.7. The number of benzene rings is 2. The number of hydrogen-bond donors (Lipinski definition) is 3. The Morgan fingerprint density at radius 1 is 1.00 bits per heavy atom. The van der Waals surface area contributed by atoms with Crippen molar-refractivity contribution in [1.82, 2.24) is 20.4 Å². The van der Waals surface area contributed by atoms with Crippen molar-refractivity contribution < 1.29 is 23.2 Å². The number of aromatic nitrogens is 2. The van der Waals surface area contributed by atoms with Gasteiger partial charge in [0.1, 0.15) is 23.4 Å². The third kappa shape index (κ3) is 6.69. The number of H-pyrrole nitrogens is 1. The second-order valence-electron chi connectivity index (χ2n) is 8.75. The van der Waals surface area contributed by atoms with Crippen LogP contribution in [0.2, 0.25) is 0 Å². The lowest BCUT2D eigenvalue weighted by Gasteiger charge is -2.35. The Hall–Kier alpha value is -4.28. The first-order valence-corrected chi connectivity index (χ1v) is 12.0. The van der Waals surface area contributed by atoms with Crippen LogP contribution < -0.4 is 15.5 Å². The molecule has 3 aromatic rings. The van der Waals surface area contributed by atoms with Crippen LogP contribution >= 0.6 is 0 Å². The molecule has 1 saturated heterocycles. The number of piperazine rings is 1. The number of hydrogen-bond acceptors (Lipinski definition) is 5. The maximum Gasteiger partial charge on any atom is 0.272 e. The Morgan fingerprint density at radius 3 is 2.32 bits per heavy atom. The molecule has 1 atom stereocenters. The van der Waals surface area contributed by atoms with Crippen LogP contribution in [0.15, 0.2) is 54.6 Å². The minimum Gasteiger partial charge on any atom is -0.368 e. The summed E-state index contributed by atoms with van der Waals surface area (Å²) in [5, 5.41) is 11.8. The lowest BCUT2D eigenvalue weighted by Crippen LogP contribution is -2.48. The van der Waals surface area contributed by atoms with E-state index in [0.717, 1.165) is 23.9 Å². The van der Waals surface area contributed by atoms with Crippen LogP contribution in [0.25, 0.3) is 0 Å². The molecule has 1 aliphatic heterocycles. The smallest absolute Gasteiger partial charge is 0.272 e. The van der Waals surface area contributed by atoms with Gasteiger partial charge in [-0.05, 0) is 36.2 Å². The van der Waals surface area contributed by atoms with Crippen LogP contribution in [0.3, 0.4) is 0 Å². The average Bonchev–Trinajstić information content (AvgIpc) is 3.35. The van der Waals surface area contributed by atoms with Crippen LogP contribution in [0, 0.1) is 11.6 Å². The minimum atomic E-state index is -0.896. The molecule has 0 bridgehead atoms. The van der Waals surface area contributed by atoms with Crippen molar-refractivity contribution >= 4 is 29.2 Å². The normalized spacial score (nSPS) is 14.2. The molecule has 2 aromatic carbocycles. The second-order valence-corrected chi connectivity index (χ2v) is 8.75. The summed E-state index contributed by atoms with van der Waals surface area (Å²) in [4.78, 5) is 41.9. The van der Waals surface area contributed by atoms with E-state index >= 15 is 0 Å². The Kier molecular flexibility index (Phi) is 8.11. The van der Waals surface area contributed by atoms with Gasteiger partial charge in [0.2, 0.25) is 11.8 Å². The molecule has 1 aliphatic rings. The van der Waals surface area contributed by atoms with Gasteiger partial charge in [0, 0.05) is 44.0 Å². The summed E-state index contributed by atoms with van der Waals surface area (Å²) in [6.45, 7) is 4.21. The maximum absolute atomic E-state index is 13.4. The van der Waals surface area contributed by atoms with Crippen molar-refractivity contribution in [2.45, 2.75) is 25.8 Å². The number of para-hydroxylation sites is 1. The number of anilines is 2. The molecule has 3 N–H and O–H groups in total. The summed E-state index contributed by atoms with van der Waals surface area (Å²) in [6, 6.07) is 13.4. The molecule has 9 nitrogen and oxygen atoms in total. The molecule has 1 unspecified atom stereocenters. The van der Waals surface area contributed by atoms with E-state index in [1.54, 1.807) is 11.8 Å². The number of carbonyl (C=O) groups is 3. The van der Waals surface area contributed by atoms with Gasteiger partial charge in [0.05, 0.1) is 6.42 Å². The van der Waals surface area contributed by atoms with E-state index in [-0.39, 0.29) is 35.8 Å². The lowest BCUT2D eigenvalue weighted by molar-refractivity contribution is -0.126. The highest BCUT2D eigenvalue weighted by molar-refractivity contribution is 5.98. The fraction of sp³-hybridized carbons (Fsp3) is 0.308. The molecular weight excluding hydrogens is 482 g/mol. The van der Waals surface area contributed by atoms with Gasteiger partial charge < -0.3 is 20.4 Å². The number of nitrogens with one attached hydrogen (secondary N) is 3. The molecule has 0 spiro atoms. The Labute approximate surface area is 212 Å². The van der Waals surface area contributed by atoms with Crippen molar-refractivity contribution in [3.8, 4) is 0 Å². The van der Waals surface area contributed by atoms with Crippen molar-refractivity contribution in [3.05, 3.63) is 77.5 Å². The van der Waals surface area contributed by atoms with E-state index in [9.17, 15) is 23.2 Å². The van der Waals surface area contributed by atoms with E-state index in [2.05, 4.69) is 25.7 Å². The van der Waals surface area contributed by atoms with Gasteiger partial charge in [0.15, 0.2) is 5.82 Å². The van der Waals surface area contributed by atoms with Gasteiger partial charge in [-0.2, -0.15) is 5.10 Å². The van der Waals surface area contributed by atoms with Gasteiger partial charge in [-0.1, -0.05) is 25.1 Å². The third-order valence-electron chi connectivity index (χ3n) is 6.09. The minimum absolute atomic E-state index is 0.149. The quantitative estimate of drug-likeness (QED) is 0.432. The van der Waals surface area contributed by atoms with Crippen molar-refractivity contribution in [2.75, 3.05) is 36.4 Å². The predicted molar refractivity (Wildman–Crippen MR) is 134 cm³/mol. The topological polar surface area (TPSA) is 110 Å². The molecule has 0 saturated carbocycles. The summed E-state index contributed by atoms with van der Waals surface area (Å²) in [6.07, 6.45) is -0.00591. The number of halogens is 2. The molecule has 1 aromatic heterocycles. The molecule has 37 heavy (non-hydrogen) atoms. The Balaban J connectivity index is 1.29. The van der Waals surface area contributed by atoms with Crippen molar-refractivity contribution in [1.29, 1.82) is 0 Å². The van der Waals surface area contributed by atoms with Crippen LogP contribution in [-0.4, -0.2) is 65.0 Å². The number of aromatic amines is 1. The SMILES string of the molecule is CCC(NC(=O)Cc1cc(F)cc(F)c1)C(=O)Nc1cc(C(=O)N2CCN(c3ccccc3)CC2)[nH]n1. The first-order chi connectivity index (χ1) is 17.8. The zero-order chi connectivity index (χ0) is 26.4. The zero-order valence-corrected chi connectivity index (χ0v) is 20.3. The van der Waals surface area contributed by atoms with Crippen LogP contribution in [0.1, 0.15) is 29.4 Å². The summed E-state index contributed by atoms with van der Waals surface area (Å²) in [5.41, 5.74) is 1.51. The lowest BCUT2D eigenvalue weighted by atomic mass is 10.1. The van der Waals surface area contributed by atoms with Crippen LogP contribution in [0.5, 0.6) is 0 Å². The summed E-state index contributed by atoms with van der Waals surface area (Å²) >= 11 is 0. The molecule has 194 valence electrons. The monoisotopic (exact) mass is 510 g/mol. The van der Waals surface area contributed by atoms with Crippen LogP contribution in [0.4, 0.5) is 20.3 Å². The molecular formula is C26H28F2N6O3. The van der Waals surface area contributed by atoms with Crippen molar-refractivity contribution in [2.24, 2.45) is 0 Å². The zero-order valence-electron chi connectivity index (χ0n) is 20.3. The highest BCUT2D eigenvalue weighted by Gasteiger charge is 2.25. The average molecular weight is 511 g/mol. The summed E-state index contributed by atoms with van der Waals surface area (Å²) in [7, 11) is 0. The highest BCUT2D eigenvalue weighted by Crippen LogP contribution is 2.17. The van der Waals surface area contributed by atoms with E-state index < -0.39 is 29.5 Å². The summed E-state index contributed by atoms with van der Waals surface area (Å²) in [5.74, 6) is -2.72. The number of carbonyl (C=O) groups excluding carboxylic acids is 3. The first-order valence-electron chi connectivity index (χ1n) is 12.0. The van der Waals surface area contributed by atoms with Gasteiger partial charge >= 0.3 is 0 Å². The predicted octanol–water partition coefficient (Wildman–Crippen LogP) is 2.73. The standard InChI is InChI=1S/C26H28F2N6O3/c1-2-21(29-24(35)14-17-12-18(27)15-19(28)13-17)25(36)30-23-16-22(31-32-23)26(37)34-10-8-33(9-11-34)20-6-4-3-5-7-20/h3-7,12-13,15-16,21H,2,8-11,14H2,1H3,(H,29,35)(H2,30,31,32,36). The number of rotatable bonds is 8. The molecule has 1 fully saturated rings. The van der Waals surface area contributed by atoms with Gasteiger partial charge in [-0.3, -0.25) is 19.5 Å². The largest absolute Gasteiger partial charge is 0.368 e. The Morgan fingerprint density at radius 2 is 1.68 bits per heavy atom. The first kappa shape index (κ1) is 25.8. The van der Waals surface area contributed by atoms with E-state index in [1.165, 1.54) is 6.07 Å². The molecule has 11 heteroatoms. The maximum atomic E-state index is 13.4. The molecule has 3 amide bonds. The van der Waals surface area contributed by atoms with E-state index in [4.69, 9.17) is 0 Å². The van der Waals surface area contributed by atoms with E-state index in [1.807, 2.05) is 30.3 Å². The highest BCUT2D eigenvalue weighted by atomic mass is 19.1. The van der Waals surface area contributed by atoms with Gasteiger partial charge in [-0.25, -0.2) is 8.78 Å². The van der Waals surface area contributed by atoms with Crippen molar-refractivity contribution in [3.63, 3.8) is 0 Å². The van der Waals surface area contributed by atoms with E-state index in [0.29, 0.717) is 26.2 Å². The van der Waals surface area contributed by atoms with Crippen LogP contribution in [-0.2, 0) is 16.0 Å². The molecule has 4 rings (SSSR count).